The molecule has 2 heterocycles. The Labute approximate surface area is 219 Å². The zero-order valence-electron chi connectivity index (χ0n) is 20.1. The van der Waals surface area contributed by atoms with Gasteiger partial charge in [0.25, 0.3) is 0 Å². The number of piperidine rings is 1. The number of amides is 1. The van der Waals surface area contributed by atoms with Crippen molar-refractivity contribution in [3.8, 4) is 5.75 Å². The lowest BCUT2D eigenvalue weighted by atomic mass is 9.92. The summed E-state index contributed by atoms with van der Waals surface area (Å²) in [5.41, 5.74) is 0.406. The number of para-hydroxylation sites is 2. The minimum atomic E-state index is -1.13. The summed E-state index contributed by atoms with van der Waals surface area (Å²) in [5, 5.41) is 15.8. The normalized spacial score (nSPS) is 18.7. The summed E-state index contributed by atoms with van der Waals surface area (Å²) in [7, 11) is 0. The van der Waals surface area contributed by atoms with Crippen LogP contribution >= 0.6 is 24.8 Å². The van der Waals surface area contributed by atoms with Crippen molar-refractivity contribution in [1.29, 1.82) is 0 Å². The molecule has 1 unspecified atom stereocenters. The first-order valence-electron chi connectivity index (χ1n) is 11.9. The quantitative estimate of drug-likeness (QED) is 0.293. The predicted octanol–water partition coefficient (Wildman–Crippen LogP) is 2.79. The lowest BCUT2D eigenvalue weighted by molar-refractivity contribution is -0.146. The molecule has 198 valence electrons. The first-order chi connectivity index (χ1) is 16.0. The summed E-state index contributed by atoms with van der Waals surface area (Å²) in [6.45, 7) is 3.64. The standard InChI is InChI=1S/C24H35N3O6.2ClH/c1-2-32-24(31)18(8-4-3-7-17-11-13-25-14-12-17)26-19-16-33-21-10-6-5-9-20(21)27(23(19)30)15-22(28)29;;/h5-6,9-10,17-19,25-26H,2-4,7-8,11-16H2,1H3,(H,28,29);2*1H/t18-,19?;;/m0../s1. The average Bonchev–Trinajstić information content (AvgIpc) is 2.93. The highest BCUT2D eigenvalue weighted by Gasteiger charge is 2.35. The molecule has 0 saturated carbocycles. The van der Waals surface area contributed by atoms with Crippen LogP contribution in [0.3, 0.4) is 0 Å². The molecule has 0 bridgehead atoms. The Balaban J connectivity index is 0.00000306. The zero-order valence-corrected chi connectivity index (χ0v) is 21.7. The maximum Gasteiger partial charge on any atom is 0.323 e. The number of aliphatic carboxylic acids is 1. The van der Waals surface area contributed by atoms with E-state index >= 15 is 0 Å². The van der Waals surface area contributed by atoms with E-state index < -0.39 is 36.5 Å². The summed E-state index contributed by atoms with van der Waals surface area (Å²) in [6.07, 6.45) is 5.89. The topological polar surface area (TPSA) is 117 Å². The molecule has 3 N–H and O–H groups in total. The molecule has 3 rings (SSSR count). The second-order valence-electron chi connectivity index (χ2n) is 8.60. The van der Waals surface area contributed by atoms with Gasteiger partial charge in [0.2, 0.25) is 5.91 Å². The van der Waals surface area contributed by atoms with Crippen molar-refractivity contribution in [2.24, 2.45) is 5.92 Å². The number of rotatable bonds is 11. The van der Waals surface area contributed by atoms with Gasteiger partial charge in [-0.3, -0.25) is 24.6 Å². The molecule has 1 saturated heterocycles. The maximum absolute atomic E-state index is 13.3. The molecule has 1 aromatic carbocycles. The summed E-state index contributed by atoms with van der Waals surface area (Å²) >= 11 is 0. The number of carboxylic acids is 1. The van der Waals surface area contributed by atoms with Crippen molar-refractivity contribution in [1.82, 2.24) is 10.6 Å². The molecule has 0 spiro atoms. The van der Waals surface area contributed by atoms with Gasteiger partial charge in [-0.2, -0.15) is 0 Å². The number of ether oxygens (including phenoxy) is 2. The van der Waals surface area contributed by atoms with Crippen LogP contribution in [0.5, 0.6) is 5.75 Å². The molecule has 11 heteroatoms. The molecular weight excluding hydrogens is 497 g/mol. The van der Waals surface area contributed by atoms with Gasteiger partial charge in [0.05, 0.1) is 12.3 Å². The molecule has 9 nitrogen and oxygen atoms in total. The van der Waals surface area contributed by atoms with E-state index in [1.54, 1.807) is 31.2 Å². The number of anilines is 1. The fourth-order valence-corrected chi connectivity index (χ4v) is 4.48. The van der Waals surface area contributed by atoms with Crippen LogP contribution < -0.4 is 20.3 Å². The van der Waals surface area contributed by atoms with E-state index in [9.17, 15) is 19.5 Å². The Bertz CT molecular complexity index is 822. The Morgan fingerprint density at radius 1 is 1.23 bits per heavy atom. The SMILES string of the molecule is CCOC(=O)[C@H](CCCCC1CCNCC1)NC1COc2ccccc2N(CC(=O)O)C1=O.Cl.Cl. The second kappa shape index (κ2) is 15.8. The third kappa shape index (κ3) is 9.14. The molecule has 1 aromatic rings. The predicted molar refractivity (Wildman–Crippen MR) is 138 cm³/mol. The van der Waals surface area contributed by atoms with Gasteiger partial charge in [0.1, 0.15) is 31.0 Å². The van der Waals surface area contributed by atoms with Gasteiger partial charge in [0.15, 0.2) is 0 Å². The third-order valence-electron chi connectivity index (χ3n) is 6.21. The van der Waals surface area contributed by atoms with Crippen LogP contribution in [0.1, 0.15) is 45.4 Å². The average molecular weight is 534 g/mol. The van der Waals surface area contributed by atoms with E-state index in [-0.39, 0.29) is 38.0 Å². The van der Waals surface area contributed by atoms with Gasteiger partial charge in [-0.25, -0.2) is 0 Å². The van der Waals surface area contributed by atoms with Crippen molar-refractivity contribution in [2.75, 3.05) is 37.7 Å². The van der Waals surface area contributed by atoms with Crippen molar-refractivity contribution >= 4 is 48.3 Å². The number of unbranched alkanes of at least 4 members (excludes halogenated alkanes) is 1. The molecule has 2 aliphatic rings. The molecule has 0 radical (unpaired) electrons. The van der Waals surface area contributed by atoms with E-state index in [1.807, 2.05) is 0 Å². The van der Waals surface area contributed by atoms with Crippen LogP contribution in [0, 0.1) is 5.92 Å². The van der Waals surface area contributed by atoms with Crippen molar-refractivity contribution in [3.05, 3.63) is 24.3 Å². The highest BCUT2D eigenvalue weighted by Crippen LogP contribution is 2.31. The Morgan fingerprint density at radius 2 is 1.94 bits per heavy atom. The van der Waals surface area contributed by atoms with Crippen LogP contribution in [-0.2, 0) is 19.1 Å². The monoisotopic (exact) mass is 533 g/mol. The van der Waals surface area contributed by atoms with Gasteiger partial charge in [-0.15, -0.1) is 24.8 Å². The van der Waals surface area contributed by atoms with Crippen molar-refractivity contribution < 1.29 is 29.0 Å². The number of halogens is 2. The number of hydrogen-bond donors (Lipinski definition) is 3. The van der Waals surface area contributed by atoms with Crippen molar-refractivity contribution in [3.63, 3.8) is 0 Å². The van der Waals surface area contributed by atoms with Gasteiger partial charge >= 0.3 is 11.9 Å². The third-order valence-corrected chi connectivity index (χ3v) is 6.21. The maximum atomic E-state index is 13.3. The zero-order chi connectivity index (χ0) is 23.6. The highest BCUT2D eigenvalue weighted by atomic mass is 35.5. The van der Waals surface area contributed by atoms with Crippen molar-refractivity contribution in [2.45, 2.75) is 57.5 Å². The first-order valence-corrected chi connectivity index (χ1v) is 11.9. The number of nitrogens with one attached hydrogen (secondary N) is 2. The number of esters is 1. The number of carboxylic acid groups (broad SMARTS) is 1. The molecule has 0 aliphatic carbocycles. The Kier molecular flexibility index (Phi) is 14.0. The number of carbonyl (C=O) groups excluding carboxylic acids is 2. The number of hydrogen-bond acceptors (Lipinski definition) is 7. The summed E-state index contributed by atoms with van der Waals surface area (Å²) in [5.74, 6) is -0.810. The summed E-state index contributed by atoms with van der Waals surface area (Å²) in [6, 6.07) is 5.31. The molecule has 1 amide bonds. The Hall–Kier alpha value is -2.07. The molecule has 2 aliphatic heterocycles. The van der Waals surface area contributed by atoms with E-state index in [2.05, 4.69) is 10.6 Å². The lowest BCUT2D eigenvalue weighted by Crippen LogP contribution is -2.54. The molecular formula is C24H37Cl2N3O6. The molecule has 35 heavy (non-hydrogen) atoms. The van der Waals surface area contributed by atoms with E-state index in [0.717, 1.165) is 38.3 Å². The number of benzene rings is 1. The van der Waals surface area contributed by atoms with Crippen LogP contribution in [0.4, 0.5) is 5.69 Å². The van der Waals surface area contributed by atoms with Crippen LogP contribution in [0.15, 0.2) is 24.3 Å². The van der Waals surface area contributed by atoms with Gasteiger partial charge in [0, 0.05) is 0 Å². The Morgan fingerprint density at radius 3 is 2.63 bits per heavy atom. The molecule has 2 atom stereocenters. The lowest BCUT2D eigenvalue weighted by Gasteiger charge is -2.26. The fraction of sp³-hybridized carbons (Fsp3) is 0.625. The summed E-state index contributed by atoms with van der Waals surface area (Å²) < 4.78 is 11.1. The summed E-state index contributed by atoms with van der Waals surface area (Å²) in [4.78, 5) is 38.5. The minimum Gasteiger partial charge on any atom is -0.489 e. The fourth-order valence-electron chi connectivity index (χ4n) is 4.48. The van der Waals surface area contributed by atoms with Gasteiger partial charge < -0.3 is 19.9 Å². The van der Waals surface area contributed by atoms with Crippen LogP contribution in [0.2, 0.25) is 0 Å². The van der Waals surface area contributed by atoms with E-state index in [1.165, 1.54) is 17.7 Å². The number of carbonyl (C=O) groups is 3. The number of fused-ring (bicyclic) bond motifs is 1. The highest BCUT2D eigenvalue weighted by molar-refractivity contribution is 6.02. The minimum absolute atomic E-state index is 0. The molecule has 0 aromatic heterocycles. The van der Waals surface area contributed by atoms with Crippen LogP contribution in [-0.4, -0.2) is 67.9 Å². The number of nitrogens with zero attached hydrogens (tertiary/aromatic N) is 1. The van der Waals surface area contributed by atoms with Gasteiger partial charge in [-0.05, 0) is 57.3 Å². The largest absolute Gasteiger partial charge is 0.489 e. The van der Waals surface area contributed by atoms with Gasteiger partial charge in [-0.1, -0.05) is 31.4 Å². The van der Waals surface area contributed by atoms with E-state index in [4.69, 9.17) is 9.47 Å². The first kappa shape index (κ1) is 31.0. The van der Waals surface area contributed by atoms with Crippen LogP contribution in [0.25, 0.3) is 0 Å². The second-order valence-corrected chi connectivity index (χ2v) is 8.60. The molecule has 1 fully saturated rings. The smallest absolute Gasteiger partial charge is 0.323 e. The van der Waals surface area contributed by atoms with E-state index in [0.29, 0.717) is 17.9 Å².